The third-order valence-corrected chi connectivity index (χ3v) is 4.54. The van der Waals surface area contributed by atoms with Gasteiger partial charge in [0.05, 0.1) is 17.4 Å². The number of hydrogen-bond donors (Lipinski definition) is 1. The van der Waals surface area contributed by atoms with Crippen molar-refractivity contribution < 1.29 is 0 Å². The fourth-order valence-electron chi connectivity index (χ4n) is 3.20. The fourth-order valence-corrected chi connectivity index (χ4v) is 3.20. The highest BCUT2D eigenvalue weighted by molar-refractivity contribution is 5.82. The Morgan fingerprint density at radius 1 is 1.04 bits per heavy atom. The predicted octanol–water partition coefficient (Wildman–Crippen LogP) is 4.04. The van der Waals surface area contributed by atoms with Gasteiger partial charge in [-0.3, -0.25) is 0 Å². The summed E-state index contributed by atoms with van der Waals surface area (Å²) in [6.45, 7) is 2.27. The first-order chi connectivity index (χ1) is 11.4. The topological polar surface area (TPSA) is 29.9 Å². The van der Waals surface area contributed by atoms with E-state index in [-0.39, 0.29) is 0 Å². The lowest BCUT2D eigenvalue weighted by Crippen LogP contribution is -2.26. The number of para-hydroxylation sites is 1. The molecule has 4 rings (SSSR count). The Bertz CT molecular complexity index is 811. The Labute approximate surface area is 136 Å². The Morgan fingerprint density at radius 3 is 2.70 bits per heavy atom. The molecule has 0 atom stereocenters. The van der Waals surface area contributed by atoms with Gasteiger partial charge in [0.1, 0.15) is 0 Å². The van der Waals surface area contributed by atoms with Crippen LogP contribution in [0.3, 0.4) is 0 Å². The number of aromatic nitrogens is 2. The van der Waals surface area contributed by atoms with E-state index in [1.54, 1.807) is 0 Å². The number of piperidine rings is 1. The Hall–Kier alpha value is -2.39. The van der Waals surface area contributed by atoms with Crippen molar-refractivity contribution in [1.82, 2.24) is 15.1 Å². The highest BCUT2D eigenvalue weighted by Crippen LogP contribution is 2.21. The third kappa shape index (κ3) is 3.06. The first-order valence-electron chi connectivity index (χ1n) is 8.32. The minimum atomic E-state index is 0.700. The van der Waals surface area contributed by atoms with Gasteiger partial charge >= 0.3 is 0 Å². The van der Waals surface area contributed by atoms with Crippen LogP contribution < -0.4 is 5.32 Å². The molecule has 1 aliphatic rings. The summed E-state index contributed by atoms with van der Waals surface area (Å²) in [4.78, 5) is 0. The first kappa shape index (κ1) is 14.2. The van der Waals surface area contributed by atoms with Gasteiger partial charge in [-0.15, -0.1) is 0 Å². The molecule has 1 saturated heterocycles. The van der Waals surface area contributed by atoms with Crippen molar-refractivity contribution in [3.8, 4) is 5.69 Å². The summed E-state index contributed by atoms with van der Waals surface area (Å²) in [6.07, 6.45) is 9.03. The lowest BCUT2D eigenvalue weighted by molar-refractivity contribution is 0.438. The summed E-state index contributed by atoms with van der Waals surface area (Å²) in [5.74, 6) is 0.700. The van der Waals surface area contributed by atoms with Crippen molar-refractivity contribution in [2.75, 3.05) is 13.1 Å². The fraction of sp³-hybridized carbons (Fsp3) is 0.250. The average Bonchev–Trinajstić information content (AvgIpc) is 3.05. The maximum absolute atomic E-state index is 4.54. The molecule has 1 N–H and O–H groups in total. The van der Waals surface area contributed by atoms with Crippen molar-refractivity contribution in [1.29, 1.82) is 0 Å². The molecular weight excluding hydrogens is 282 g/mol. The maximum atomic E-state index is 4.54. The van der Waals surface area contributed by atoms with Crippen molar-refractivity contribution >= 4 is 17.0 Å². The van der Waals surface area contributed by atoms with E-state index < -0.39 is 0 Å². The van der Waals surface area contributed by atoms with E-state index >= 15 is 0 Å². The minimum Gasteiger partial charge on any atom is -0.317 e. The SMILES string of the molecule is C(=CC1CCNCC1)c1ccc2cnn(-c3ccccc3)c2c1. The zero-order chi connectivity index (χ0) is 15.5. The lowest BCUT2D eigenvalue weighted by Gasteiger charge is -2.19. The number of hydrogen-bond acceptors (Lipinski definition) is 2. The van der Waals surface area contributed by atoms with Crippen molar-refractivity contribution in [3.05, 3.63) is 66.4 Å². The van der Waals surface area contributed by atoms with Gasteiger partial charge in [-0.2, -0.15) is 5.10 Å². The Balaban J connectivity index is 1.65. The van der Waals surface area contributed by atoms with Crippen LogP contribution in [0.15, 0.2) is 60.8 Å². The summed E-state index contributed by atoms with van der Waals surface area (Å²) in [5, 5.41) is 9.13. The molecule has 1 fully saturated rings. The quantitative estimate of drug-likeness (QED) is 0.791. The molecule has 1 aliphatic heterocycles. The summed E-state index contributed by atoms with van der Waals surface area (Å²) in [6, 6.07) is 16.9. The van der Waals surface area contributed by atoms with Crippen molar-refractivity contribution in [3.63, 3.8) is 0 Å². The highest BCUT2D eigenvalue weighted by Gasteiger charge is 2.09. The van der Waals surface area contributed by atoms with Gasteiger partial charge in [0, 0.05) is 5.39 Å². The normalized spacial score (nSPS) is 16.3. The third-order valence-electron chi connectivity index (χ3n) is 4.54. The van der Waals surface area contributed by atoms with Gasteiger partial charge in [-0.05, 0) is 55.6 Å². The van der Waals surface area contributed by atoms with Gasteiger partial charge in [-0.25, -0.2) is 4.68 Å². The molecule has 116 valence electrons. The molecule has 23 heavy (non-hydrogen) atoms. The van der Waals surface area contributed by atoms with E-state index in [1.165, 1.54) is 23.8 Å². The van der Waals surface area contributed by atoms with E-state index in [1.807, 2.05) is 29.1 Å². The van der Waals surface area contributed by atoms with E-state index in [0.29, 0.717) is 5.92 Å². The molecule has 2 heterocycles. The molecule has 0 amide bonds. The Kier molecular flexibility index (Phi) is 3.95. The predicted molar refractivity (Wildman–Crippen MR) is 95.7 cm³/mol. The number of nitrogens with one attached hydrogen (secondary N) is 1. The molecule has 0 saturated carbocycles. The summed E-state index contributed by atoms with van der Waals surface area (Å²) in [7, 11) is 0. The molecule has 0 unspecified atom stereocenters. The molecule has 3 nitrogen and oxygen atoms in total. The van der Waals surface area contributed by atoms with Crippen LogP contribution in [0.25, 0.3) is 22.7 Å². The number of nitrogens with zero attached hydrogens (tertiary/aromatic N) is 2. The molecular formula is C20H21N3. The number of rotatable bonds is 3. The molecule has 3 heteroatoms. The van der Waals surface area contributed by atoms with Crippen LogP contribution in [0.4, 0.5) is 0 Å². The van der Waals surface area contributed by atoms with Crippen LogP contribution in [0.2, 0.25) is 0 Å². The number of benzene rings is 2. The summed E-state index contributed by atoms with van der Waals surface area (Å²) < 4.78 is 2.01. The van der Waals surface area contributed by atoms with E-state index in [9.17, 15) is 0 Å². The van der Waals surface area contributed by atoms with Gasteiger partial charge in [-0.1, -0.05) is 42.5 Å². The first-order valence-corrected chi connectivity index (χ1v) is 8.32. The van der Waals surface area contributed by atoms with Crippen molar-refractivity contribution in [2.24, 2.45) is 5.92 Å². The second-order valence-electron chi connectivity index (χ2n) is 6.16. The smallest absolute Gasteiger partial charge is 0.0747 e. The standard InChI is InChI=1S/C20H21N3/c1-2-4-19(5-3-1)23-20-14-17(8-9-18(20)15-22-23)7-6-16-10-12-21-13-11-16/h1-9,14-16,21H,10-13H2. The largest absolute Gasteiger partial charge is 0.317 e. The summed E-state index contributed by atoms with van der Waals surface area (Å²) >= 11 is 0. The maximum Gasteiger partial charge on any atom is 0.0747 e. The van der Waals surface area contributed by atoms with Gasteiger partial charge in [0.25, 0.3) is 0 Å². The van der Waals surface area contributed by atoms with Gasteiger partial charge < -0.3 is 5.32 Å². The van der Waals surface area contributed by atoms with Crippen LogP contribution >= 0.6 is 0 Å². The monoisotopic (exact) mass is 303 g/mol. The number of fused-ring (bicyclic) bond motifs is 1. The number of allylic oxidation sites excluding steroid dienone is 1. The van der Waals surface area contributed by atoms with E-state index in [2.05, 4.69) is 52.9 Å². The zero-order valence-electron chi connectivity index (χ0n) is 13.2. The zero-order valence-corrected chi connectivity index (χ0v) is 13.2. The van der Waals surface area contributed by atoms with Crippen LogP contribution in [-0.2, 0) is 0 Å². The summed E-state index contributed by atoms with van der Waals surface area (Å²) in [5.41, 5.74) is 3.50. The van der Waals surface area contributed by atoms with E-state index in [4.69, 9.17) is 0 Å². The van der Waals surface area contributed by atoms with Crippen molar-refractivity contribution in [2.45, 2.75) is 12.8 Å². The molecule has 3 aromatic rings. The molecule has 1 aromatic heterocycles. The van der Waals surface area contributed by atoms with Crippen LogP contribution in [0, 0.1) is 5.92 Å². The lowest BCUT2D eigenvalue weighted by atomic mass is 9.97. The van der Waals surface area contributed by atoms with E-state index in [0.717, 1.165) is 24.3 Å². The van der Waals surface area contributed by atoms with Gasteiger partial charge in [0.2, 0.25) is 0 Å². The van der Waals surface area contributed by atoms with Crippen LogP contribution in [0.1, 0.15) is 18.4 Å². The van der Waals surface area contributed by atoms with Crippen LogP contribution in [-0.4, -0.2) is 22.9 Å². The molecule has 0 radical (unpaired) electrons. The second-order valence-corrected chi connectivity index (χ2v) is 6.16. The van der Waals surface area contributed by atoms with Gasteiger partial charge in [0.15, 0.2) is 0 Å². The molecule has 0 bridgehead atoms. The highest BCUT2D eigenvalue weighted by atomic mass is 15.3. The molecule has 2 aromatic carbocycles. The van der Waals surface area contributed by atoms with Crippen LogP contribution in [0.5, 0.6) is 0 Å². The minimum absolute atomic E-state index is 0.700. The molecule has 0 spiro atoms. The Morgan fingerprint density at radius 2 is 1.87 bits per heavy atom. The average molecular weight is 303 g/mol. The molecule has 0 aliphatic carbocycles. The second kappa shape index (κ2) is 6.39.